The van der Waals surface area contributed by atoms with Gasteiger partial charge in [-0.25, -0.2) is 0 Å². The molecule has 0 spiro atoms. The number of rotatable bonds is 0. The molecule has 12 heavy (non-hydrogen) atoms. The molecule has 0 aliphatic heterocycles. The fourth-order valence-corrected chi connectivity index (χ4v) is 2.15. The van der Waals surface area contributed by atoms with E-state index >= 15 is 0 Å². The summed E-state index contributed by atoms with van der Waals surface area (Å²) in [6.45, 7) is 4.10. The summed E-state index contributed by atoms with van der Waals surface area (Å²) in [5.74, 6) is 0.466. The summed E-state index contributed by atoms with van der Waals surface area (Å²) in [7, 11) is 0. The van der Waals surface area contributed by atoms with E-state index in [1.807, 2.05) is 13.0 Å². The van der Waals surface area contributed by atoms with Crippen LogP contribution in [-0.4, -0.2) is 5.11 Å². The molecule has 1 N–H and O–H groups in total. The van der Waals surface area contributed by atoms with Crippen molar-refractivity contribution in [2.24, 2.45) is 0 Å². The van der Waals surface area contributed by atoms with Crippen molar-refractivity contribution in [1.82, 2.24) is 0 Å². The summed E-state index contributed by atoms with van der Waals surface area (Å²) in [6, 6.07) is 1.89. The fraction of sp³-hybridized carbons (Fsp3) is 0.455. The molecule has 0 aromatic heterocycles. The van der Waals surface area contributed by atoms with Gasteiger partial charge in [0.05, 0.1) is 0 Å². The van der Waals surface area contributed by atoms with Crippen molar-refractivity contribution in [2.45, 2.75) is 33.1 Å². The number of aromatic hydroxyl groups is 1. The zero-order chi connectivity index (χ0) is 8.72. The van der Waals surface area contributed by atoms with Gasteiger partial charge in [0.1, 0.15) is 5.75 Å². The average molecular weight is 162 g/mol. The van der Waals surface area contributed by atoms with Crippen molar-refractivity contribution in [3.8, 4) is 5.75 Å². The first-order valence-electron chi connectivity index (χ1n) is 4.51. The molecule has 0 fully saturated rings. The van der Waals surface area contributed by atoms with Crippen LogP contribution in [0.1, 0.15) is 28.7 Å². The molecular formula is C11H14O. The maximum atomic E-state index is 9.56. The Morgan fingerprint density at radius 3 is 2.58 bits per heavy atom. The van der Waals surface area contributed by atoms with E-state index in [9.17, 15) is 5.11 Å². The standard InChI is InChI=1S/C11H14O/c1-7-6-11(12)8(2)10-5-3-4-9(7)10/h6,12H,3-5H2,1-2H3. The van der Waals surface area contributed by atoms with Gasteiger partial charge in [-0.1, -0.05) is 0 Å². The highest BCUT2D eigenvalue weighted by molar-refractivity contribution is 5.49. The van der Waals surface area contributed by atoms with E-state index in [1.165, 1.54) is 29.5 Å². The highest BCUT2D eigenvalue weighted by Crippen LogP contribution is 2.33. The number of phenols is 1. The SMILES string of the molecule is Cc1cc(O)c(C)c2c1CCC2. The molecule has 0 heterocycles. The lowest BCUT2D eigenvalue weighted by atomic mass is 9.99. The highest BCUT2D eigenvalue weighted by atomic mass is 16.3. The molecule has 0 radical (unpaired) electrons. The van der Waals surface area contributed by atoms with Gasteiger partial charge in [-0.15, -0.1) is 0 Å². The third kappa shape index (κ3) is 0.927. The Bertz CT molecular complexity index is 326. The van der Waals surface area contributed by atoms with Gasteiger partial charge in [0.2, 0.25) is 0 Å². The van der Waals surface area contributed by atoms with Crippen molar-refractivity contribution in [3.63, 3.8) is 0 Å². The van der Waals surface area contributed by atoms with Crippen LogP contribution in [0, 0.1) is 13.8 Å². The van der Waals surface area contributed by atoms with Crippen molar-refractivity contribution in [2.75, 3.05) is 0 Å². The molecule has 0 amide bonds. The van der Waals surface area contributed by atoms with Gasteiger partial charge in [0.15, 0.2) is 0 Å². The first-order valence-corrected chi connectivity index (χ1v) is 4.51. The fourth-order valence-electron chi connectivity index (χ4n) is 2.15. The van der Waals surface area contributed by atoms with Gasteiger partial charge in [-0.3, -0.25) is 0 Å². The first kappa shape index (κ1) is 7.66. The van der Waals surface area contributed by atoms with Crippen LogP contribution >= 0.6 is 0 Å². The Morgan fingerprint density at radius 2 is 1.83 bits per heavy atom. The molecule has 1 heteroatoms. The molecule has 1 aliphatic carbocycles. The lowest BCUT2D eigenvalue weighted by Crippen LogP contribution is -1.91. The van der Waals surface area contributed by atoms with Gasteiger partial charge < -0.3 is 5.11 Å². The van der Waals surface area contributed by atoms with Crippen LogP contribution in [0.25, 0.3) is 0 Å². The minimum atomic E-state index is 0.466. The second kappa shape index (κ2) is 2.51. The zero-order valence-corrected chi connectivity index (χ0v) is 7.65. The normalized spacial score (nSPS) is 14.8. The predicted molar refractivity (Wildman–Crippen MR) is 49.6 cm³/mol. The largest absolute Gasteiger partial charge is 0.508 e. The molecule has 1 aliphatic rings. The molecule has 64 valence electrons. The molecule has 2 rings (SSSR count). The van der Waals surface area contributed by atoms with Crippen LogP contribution < -0.4 is 0 Å². The Hall–Kier alpha value is -0.980. The van der Waals surface area contributed by atoms with E-state index in [2.05, 4.69) is 6.92 Å². The first-order chi connectivity index (χ1) is 5.70. The predicted octanol–water partition coefficient (Wildman–Crippen LogP) is 2.50. The summed E-state index contributed by atoms with van der Waals surface area (Å²) in [5.41, 5.74) is 5.22. The summed E-state index contributed by atoms with van der Waals surface area (Å²) in [6.07, 6.45) is 3.60. The Morgan fingerprint density at radius 1 is 1.17 bits per heavy atom. The van der Waals surface area contributed by atoms with E-state index in [0.29, 0.717) is 5.75 Å². The minimum Gasteiger partial charge on any atom is -0.508 e. The number of hydrogen-bond donors (Lipinski definition) is 1. The Labute approximate surface area is 73.0 Å². The van der Waals surface area contributed by atoms with Crippen LogP contribution in [0.3, 0.4) is 0 Å². The molecule has 1 aromatic rings. The number of benzene rings is 1. The lowest BCUT2D eigenvalue weighted by molar-refractivity contribution is 0.469. The summed E-state index contributed by atoms with van der Waals surface area (Å²) < 4.78 is 0. The number of aryl methyl sites for hydroxylation is 1. The van der Waals surface area contributed by atoms with Crippen molar-refractivity contribution in [3.05, 3.63) is 28.3 Å². The maximum Gasteiger partial charge on any atom is 0.119 e. The smallest absolute Gasteiger partial charge is 0.119 e. The second-order valence-electron chi connectivity index (χ2n) is 3.65. The quantitative estimate of drug-likeness (QED) is 0.621. The van der Waals surface area contributed by atoms with Crippen LogP contribution in [0.5, 0.6) is 5.75 Å². The van der Waals surface area contributed by atoms with E-state index < -0.39 is 0 Å². The van der Waals surface area contributed by atoms with E-state index in [4.69, 9.17) is 0 Å². The van der Waals surface area contributed by atoms with Crippen molar-refractivity contribution in [1.29, 1.82) is 0 Å². The van der Waals surface area contributed by atoms with Crippen LogP contribution in [0.2, 0.25) is 0 Å². The third-order valence-corrected chi connectivity index (χ3v) is 2.88. The lowest BCUT2D eigenvalue weighted by Gasteiger charge is -2.09. The number of fused-ring (bicyclic) bond motifs is 1. The topological polar surface area (TPSA) is 20.2 Å². The summed E-state index contributed by atoms with van der Waals surface area (Å²) in [5, 5.41) is 9.56. The molecule has 0 atom stereocenters. The third-order valence-electron chi connectivity index (χ3n) is 2.88. The minimum absolute atomic E-state index is 0.466. The van der Waals surface area contributed by atoms with Gasteiger partial charge in [0.25, 0.3) is 0 Å². The van der Waals surface area contributed by atoms with Gasteiger partial charge in [-0.2, -0.15) is 0 Å². The van der Waals surface area contributed by atoms with Gasteiger partial charge in [-0.05, 0) is 61.4 Å². The maximum absolute atomic E-state index is 9.56. The van der Waals surface area contributed by atoms with E-state index in [1.54, 1.807) is 0 Å². The van der Waals surface area contributed by atoms with Crippen LogP contribution in [0.4, 0.5) is 0 Å². The van der Waals surface area contributed by atoms with Gasteiger partial charge >= 0.3 is 0 Å². The van der Waals surface area contributed by atoms with Crippen LogP contribution in [-0.2, 0) is 12.8 Å². The molecule has 0 unspecified atom stereocenters. The highest BCUT2D eigenvalue weighted by Gasteiger charge is 2.17. The molecule has 1 nitrogen and oxygen atoms in total. The Kier molecular flexibility index (Phi) is 1.60. The number of hydrogen-bond acceptors (Lipinski definition) is 1. The molecule has 1 aromatic carbocycles. The van der Waals surface area contributed by atoms with Crippen molar-refractivity contribution >= 4 is 0 Å². The Balaban J connectivity index is 2.69. The molecule has 0 saturated carbocycles. The summed E-state index contributed by atoms with van der Waals surface area (Å²) in [4.78, 5) is 0. The number of phenolic OH excluding ortho intramolecular Hbond substituents is 1. The van der Waals surface area contributed by atoms with Gasteiger partial charge in [0, 0.05) is 0 Å². The molecular weight excluding hydrogens is 148 g/mol. The van der Waals surface area contributed by atoms with E-state index in [0.717, 1.165) is 12.0 Å². The van der Waals surface area contributed by atoms with E-state index in [-0.39, 0.29) is 0 Å². The average Bonchev–Trinajstić information content (AvgIpc) is 2.48. The van der Waals surface area contributed by atoms with Crippen molar-refractivity contribution < 1.29 is 5.11 Å². The molecule has 0 saturated heterocycles. The zero-order valence-electron chi connectivity index (χ0n) is 7.65. The monoisotopic (exact) mass is 162 g/mol. The molecule has 0 bridgehead atoms. The summed E-state index contributed by atoms with van der Waals surface area (Å²) >= 11 is 0. The van der Waals surface area contributed by atoms with Crippen LogP contribution in [0.15, 0.2) is 6.07 Å². The second-order valence-corrected chi connectivity index (χ2v) is 3.65.